The molecule has 2 heterocycles. The Morgan fingerprint density at radius 2 is 1.96 bits per heavy atom. The van der Waals surface area contributed by atoms with Crippen LogP contribution in [0.3, 0.4) is 0 Å². The van der Waals surface area contributed by atoms with Gasteiger partial charge in [-0.3, -0.25) is 4.79 Å². The van der Waals surface area contributed by atoms with E-state index in [1.807, 2.05) is 37.5 Å². The Bertz CT molecular complexity index is 686. The van der Waals surface area contributed by atoms with Crippen molar-refractivity contribution in [3.8, 4) is 11.1 Å². The molecule has 1 aliphatic heterocycles. The summed E-state index contributed by atoms with van der Waals surface area (Å²) in [6.45, 7) is 2.64. The van der Waals surface area contributed by atoms with Crippen molar-refractivity contribution in [2.24, 2.45) is 0 Å². The first-order valence-corrected chi connectivity index (χ1v) is 7.72. The lowest BCUT2D eigenvalue weighted by Gasteiger charge is -2.31. The average Bonchev–Trinajstić information content (AvgIpc) is 2.58. The highest BCUT2D eigenvalue weighted by Crippen LogP contribution is 2.20. The molecule has 6 heteroatoms. The number of carbonyl (C=O) groups is 1. The summed E-state index contributed by atoms with van der Waals surface area (Å²) in [7, 11) is 3.75. The quantitative estimate of drug-likeness (QED) is 0.917. The van der Waals surface area contributed by atoms with Crippen molar-refractivity contribution < 1.29 is 4.79 Å². The fraction of sp³-hybridized carbons (Fsp3) is 0.353. The number of rotatable bonds is 4. The van der Waals surface area contributed by atoms with Gasteiger partial charge < -0.3 is 15.1 Å². The Kier molecular flexibility index (Phi) is 4.52. The second kappa shape index (κ2) is 6.75. The van der Waals surface area contributed by atoms with Crippen molar-refractivity contribution >= 4 is 11.9 Å². The number of likely N-dealkylation sites (N-methyl/N-ethyl adjacent to an activating group) is 1. The summed E-state index contributed by atoms with van der Waals surface area (Å²) >= 11 is 0. The molecule has 2 aromatic rings. The van der Waals surface area contributed by atoms with Crippen LogP contribution in [0.4, 0.5) is 5.95 Å². The molecule has 1 saturated heterocycles. The van der Waals surface area contributed by atoms with E-state index in [0.717, 1.165) is 24.2 Å². The number of anilines is 1. The number of benzene rings is 1. The highest BCUT2D eigenvalue weighted by Gasteiger charge is 2.22. The Hall–Kier alpha value is -2.47. The number of carbonyl (C=O) groups excluding carboxylic acids is 1. The standard InChI is InChI=1S/C17H21N5O/c1-18-9-13-4-3-5-14(8-13)15-10-19-17(20-11-15)22-7-6-21(2)16(23)12-22/h3-5,8,10-11,18H,6-7,9,12H2,1-2H3. The SMILES string of the molecule is CNCc1cccc(-c2cnc(N3CCN(C)C(=O)C3)nc2)c1. The van der Waals surface area contributed by atoms with Crippen molar-refractivity contribution in [2.45, 2.75) is 6.54 Å². The third-order valence-corrected chi connectivity index (χ3v) is 4.02. The summed E-state index contributed by atoms with van der Waals surface area (Å²) < 4.78 is 0. The van der Waals surface area contributed by atoms with E-state index in [0.29, 0.717) is 19.0 Å². The van der Waals surface area contributed by atoms with Crippen LogP contribution in [0.2, 0.25) is 0 Å². The Labute approximate surface area is 136 Å². The summed E-state index contributed by atoms with van der Waals surface area (Å²) in [6, 6.07) is 8.31. The van der Waals surface area contributed by atoms with Gasteiger partial charge in [-0.1, -0.05) is 18.2 Å². The smallest absolute Gasteiger partial charge is 0.242 e. The predicted octanol–water partition coefficient (Wildman–Crippen LogP) is 1.14. The van der Waals surface area contributed by atoms with Crippen LogP contribution in [0.1, 0.15) is 5.56 Å². The second-order valence-electron chi connectivity index (χ2n) is 5.74. The van der Waals surface area contributed by atoms with E-state index in [1.165, 1.54) is 5.56 Å². The molecule has 0 atom stereocenters. The van der Waals surface area contributed by atoms with Crippen molar-refractivity contribution in [1.82, 2.24) is 20.2 Å². The molecule has 6 nitrogen and oxygen atoms in total. The topological polar surface area (TPSA) is 61.4 Å². The second-order valence-corrected chi connectivity index (χ2v) is 5.74. The van der Waals surface area contributed by atoms with E-state index in [2.05, 4.69) is 33.5 Å². The minimum atomic E-state index is 0.101. The fourth-order valence-electron chi connectivity index (χ4n) is 2.63. The minimum Gasteiger partial charge on any atom is -0.342 e. The van der Waals surface area contributed by atoms with Gasteiger partial charge in [0, 0.05) is 44.6 Å². The third-order valence-electron chi connectivity index (χ3n) is 4.02. The summed E-state index contributed by atoms with van der Waals surface area (Å²) in [5.41, 5.74) is 3.30. The highest BCUT2D eigenvalue weighted by molar-refractivity contribution is 5.81. The van der Waals surface area contributed by atoms with Crippen LogP contribution in [0.15, 0.2) is 36.7 Å². The maximum absolute atomic E-state index is 11.8. The molecular weight excluding hydrogens is 290 g/mol. The van der Waals surface area contributed by atoms with Crippen LogP contribution in [0.5, 0.6) is 0 Å². The maximum Gasteiger partial charge on any atom is 0.242 e. The van der Waals surface area contributed by atoms with Gasteiger partial charge in [0.15, 0.2) is 0 Å². The summed E-state index contributed by atoms with van der Waals surface area (Å²) in [6.07, 6.45) is 3.65. The molecule has 0 radical (unpaired) electrons. The van der Waals surface area contributed by atoms with E-state index in [9.17, 15) is 4.79 Å². The zero-order chi connectivity index (χ0) is 16.2. The van der Waals surface area contributed by atoms with E-state index >= 15 is 0 Å². The zero-order valence-corrected chi connectivity index (χ0v) is 13.5. The first-order chi connectivity index (χ1) is 11.2. The van der Waals surface area contributed by atoms with Gasteiger partial charge in [-0.15, -0.1) is 0 Å². The van der Waals surface area contributed by atoms with Gasteiger partial charge in [0.1, 0.15) is 0 Å². The number of hydrogen-bond donors (Lipinski definition) is 1. The number of piperazine rings is 1. The molecule has 0 bridgehead atoms. The lowest BCUT2D eigenvalue weighted by atomic mass is 10.1. The van der Waals surface area contributed by atoms with Crippen molar-refractivity contribution in [2.75, 3.05) is 38.6 Å². The summed E-state index contributed by atoms with van der Waals surface area (Å²) in [5, 5.41) is 3.15. The minimum absolute atomic E-state index is 0.101. The van der Waals surface area contributed by atoms with Crippen molar-refractivity contribution in [3.63, 3.8) is 0 Å². The van der Waals surface area contributed by atoms with Crippen molar-refractivity contribution in [3.05, 3.63) is 42.2 Å². The van der Waals surface area contributed by atoms with Crippen LogP contribution in [0.25, 0.3) is 11.1 Å². The fourth-order valence-corrected chi connectivity index (χ4v) is 2.63. The number of hydrogen-bond acceptors (Lipinski definition) is 5. The Morgan fingerprint density at radius 1 is 1.17 bits per heavy atom. The highest BCUT2D eigenvalue weighted by atomic mass is 16.2. The van der Waals surface area contributed by atoms with E-state index < -0.39 is 0 Å². The van der Waals surface area contributed by atoms with Gasteiger partial charge in [0.25, 0.3) is 0 Å². The summed E-state index contributed by atoms with van der Waals surface area (Å²) in [4.78, 5) is 24.3. The first-order valence-electron chi connectivity index (χ1n) is 7.72. The van der Waals surface area contributed by atoms with E-state index in [-0.39, 0.29) is 5.91 Å². The van der Waals surface area contributed by atoms with Crippen LogP contribution in [-0.2, 0) is 11.3 Å². The monoisotopic (exact) mass is 311 g/mol. The summed E-state index contributed by atoms with van der Waals surface area (Å²) in [5.74, 6) is 0.713. The number of amides is 1. The lowest BCUT2D eigenvalue weighted by Crippen LogP contribution is -2.49. The molecular formula is C17H21N5O. The molecule has 1 aromatic heterocycles. The van der Waals surface area contributed by atoms with Gasteiger partial charge >= 0.3 is 0 Å². The first kappa shape index (κ1) is 15.4. The van der Waals surface area contributed by atoms with Crippen LogP contribution < -0.4 is 10.2 Å². The third kappa shape index (κ3) is 3.48. The molecule has 0 spiro atoms. The molecule has 1 N–H and O–H groups in total. The number of nitrogens with zero attached hydrogens (tertiary/aromatic N) is 4. The molecule has 1 amide bonds. The normalized spacial score (nSPS) is 15.1. The van der Waals surface area contributed by atoms with Gasteiger partial charge in [-0.05, 0) is 24.2 Å². The van der Waals surface area contributed by atoms with Gasteiger partial charge in [-0.2, -0.15) is 0 Å². The van der Waals surface area contributed by atoms with Gasteiger partial charge in [0.2, 0.25) is 11.9 Å². The van der Waals surface area contributed by atoms with Crippen LogP contribution >= 0.6 is 0 Å². The van der Waals surface area contributed by atoms with E-state index in [4.69, 9.17) is 0 Å². The lowest BCUT2D eigenvalue weighted by molar-refractivity contribution is -0.129. The predicted molar refractivity (Wildman–Crippen MR) is 90.1 cm³/mol. The molecule has 1 aromatic carbocycles. The van der Waals surface area contributed by atoms with Gasteiger partial charge in [-0.25, -0.2) is 9.97 Å². The molecule has 1 fully saturated rings. The van der Waals surface area contributed by atoms with Gasteiger partial charge in [0.05, 0.1) is 6.54 Å². The Balaban J connectivity index is 1.77. The molecule has 0 saturated carbocycles. The van der Waals surface area contributed by atoms with Crippen molar-refractivity contribution in [1.29, 1.82) is 0 Å². The largest absolute Gasteiger partial charge is 0.342 e. The number of nitrogens with one attached hydrogen (secondary N) is 1. The van der Waals surface area contributed by atoms with Crippen LogP contribution in [-0.4, -0.2) is 54.5 Å². The van der Waals surface area contributed by atoms with Crippen LogP contribution in [0, 0.1) is 0 Å². The number of aromatic nitrogens is 2. The van der Waals surface area contributed by atoms with E-state index in [1.54, 1.807) is 4.90 Å². The molecule has 0 aliphatic carbocycles. The molecule has 0 unspecified atom stereocenters. The zero-order valence-electron chi connectivity index (χ0n) is 13.5. The Morgan fingerprint density at radius 3 is 2.65 bits per heavy atom. The molecule has 1 aliphatic rings. The average molecular weight is 311 g/mol. The molecule has 120 valence electrons. The maximum atomic E-state index is 11.8. The molecule has 3 rings (SSSR count). The molecule has 23 heavy (non-hydrogen) atoms.